The van der Waals surface area contributed by atoms with Crippen molar-refractivity contribution in [2.24, 2.45) is 0 Å². The van der Waals surface area contributed by atoms with Crippen molar-refractivity contribution in [1.29, 1.82) is 0 Å². The molecule has 0 spiro atoms. The van der Waals surface area contributed by atoms with Crippen LogP contribution in [0.4, 0.5) is 0 Å². The Bertz CT molecular complexity index is 982. The van der Waals surface area contributed by atoms with Crippen molar-refractivity contribution in [2.75, 3.05) is 6.61 Å². The summed E-state index contributed by atoms with van der Waals surface area (Å²) in [6, 6.07) is 12.3. The van der Waals surface area contributed by atoms with E-state index in [0.717, 1.165) is 17.0 Å². The zero-order valence-electron chi connectivity index (χ0n) is 15.5. The van der Waals surface area contributed by atoms with E-state index in [-0.39, 0.29) is 12.2 Å². The number of aryl methyl sites for hydroxylation is 2. The molecule has 0 bridgehead atoms. The van der Waals surface area contributed by atoms with Crippen molar-refractivity contribution in [2.45, 2.75) is 20.4 Å². The van der Waals surface area contributed by atoms with E-state index in [2.05, 4.69) is 15.4 Å². The first-order chi connectivity index (χ1) is 13.4. The van der Waals surface area contributed by atoms with E-state index in [4.69, 9.17) is 16.3 Å². The van der Waals surface area contributed by atoms with Crippen molar-refractivity contribution < 1.29 is 14.3 Å². The fourth-order valence-corrected chi connectivity index (χ4v) is 2.69. The van der Waals surface area contributed by atoms with E-state index in [1.807, 2.05) is 32.0 Å². The Balaban J connectivity index is 1.51. The van der Waals surface area contributed by atoms with Gasteiger partial charge in [-0.15, -0.1) is 0 Å². The molecular formula is C20H19ClN4O3. The lowest BCUT2D eigenvalue weighted by Gasteiger charge is -2.08. The minimum atomic E-state index is -0.617. The molecule has 3 aromatic rings. The fourth-order valence-electron chi connectivity index (χ4n) is 2.56. The number of halogens is 1. The van der Waals surface area contributed by atoms with E-state index in [1.54, 1.807) is 28.9 Å². The number of hydrogen-bond donors (Lipinski definition) is 1. The van der Waals surface area contributed by atoms with Crippen LogP contribution in [0.5, 0.6) is 0 Å². The van der Waals surface area contributed by atoms with Crippen molar-refractivity contribution in [3.63, 3.8) is 0 Å². The molecule has 0 aliphatic rings. The van der Waals surface area contributed by atoms with Gasteiger partial charge < -0.3 is 10.1 Å². The highest BCUT2D eigenvalue weighted by Gasteiger charge is 2.12. The molecule has 3 rings (SSSR count). The van der Waals surface area contributed by atoms with Gasteiger partial charge in [-0.2, -0.15) is 5.10 Å². The molecule has 144 valence electrons. The van der Waals surface area contributed by atoms with Crippen LogP contribution < -0.4 is 5.32 Å². The Hall–Kier alpha value is -3.19. The summed E-state index contributed by atoms with van der Waals surface area (Å²) >= 11 is 5.82. The summed E-state index contributed by atoms with van der Waals surface area (Å²) in [4.78, 5) is 28.2. The van der Waals surface area contributed by atoms with E-state index < -0.39 is 11.9 Å². The highest BCUT2D eigenvalue weighted by molar-refractivity contribution is 6.30. The third-order valence-corrected chi connectivity index (χ3v) is 4.20. The molecule has 0 unspecified atom stereocenters. The number of benzene rings is 1. The van der Waals surface area contributed by atoms with Gasteiger partial charge in [-0.3, -0.25) is 4.79 Å². The van der Waals surface area contributed by atoms with E-state index in [9.17, 15) is 9.59 Å². The smallest absolute Gasteiger partial charge is 0.340 e. The molecular weight excluding hydrogens is 380 g/mol. The maximum Gasteiger partial charge on any atom is 0.340 e. The number of hydrogen-bond acceptors (Lipinski definition) is 5. The fraction of sp³-hybridized carbons (Fsp3) is 0.200. The van der Waals surface area contributed by atoms with Crippen molar-refractivity contribution >= 4 is 23.5 Å². The zero-order chi connectivity index (χ0) is 20.1. The first-order valence-electron chi connectivity index (χ1n) is 8.60. The Morgan fingerprint density at radius 1 is 1.14 bits per heavy atom. The standard InChI is InChI=1S/C20H19ClN4O3/c1-13-9-14(2)25(24-13)18-8-5-16(11-22-18)20(27)28-12-19(26)23-10-15-3-6-17(21)7-4-15/h3-9,11H,10,12H2,1-2H3,(H,23,26). The van der Waals surface area contributed by atoms with Crippen LogP contribution in [0, 0.1) is 13.8 Å². The molecule has 0 radical (unpaired) electrons. The maximum absolute atomic E-state index is 12.1. The SMILES string of the molecule is Cc1cc(C)n(-c2ccc(C(=O)OCC(=O)NCc3ccc(Cl)cc3)cn2)n1. The Labute approximate surface area is 167 Å². The van der Waals surface area contributed by atoms with Crippen LogP contribution in [0.3, 0.4) is 0 Å². The number of carbonyl (C=O) groups excluding carboxylic acids is 2. The van der Waals surface area contributed by atoms with Crippen molar-refractivity contribution in [1.82, 2.24) is 20.1 Å². The number of amides is 1. The van der Waals surface area contributed by atoms with Gasteiger partial charge in [0.1, 0.15) is 0 Å². The van der Waals surface area contributed by atoms with Crippen LogP contribution in [0.15, 0.2) is 48.7 Å². The molecule has 7 nitrogen and oxygen atoms in total. The van der Waals surface area contributed by atoms with Gasteiger partial charge in [0.2, 0.25) is 0 Å². The maximum atomic E-state index is 12.1. The number of nitrogens with zero attached hydrogens (tertiary/aromatic N) is 3. The monoisotopic (exact) mass is 398 g/mol. The highest BCUT2D eigenvalue weighted by Crippen LogP contribution is 2.11. The summed E-state index contributed by atoms with van der Waals surface area (Å²) < 4.78 is 6.73. The summed E-state index contributed by atoms with van der Waals surface area (Å²) in [6.07, 6.45) is 1.40. The van der Waals surface area contributed by atoms with Crippen molar-refractivity contribution in [3.8, 4) is 5.82 Å². The highest BCUT2D eigenvalue weighted by atomic mass is 35.5. The molecule has 0 aliphatic carbocycles. The third kappa shape index (κ3) is 4.95. The molecule has 0 fully saturated rings. The van der Waals surface area contributed by atoms with Crippen LogP contribution in [0.2, 0.25) is 5.02 Å². The first-order valence-corrected chi connectivity index (χ1v) is 8.98. The average molecular weight is 399 g/mol. The number of carbonyl (C=O) groups is 2. The largest absolute Gasteiger partial charge is 0.452 e. The quantitative estimate of drug-likeness (QED) is 0.645. The Kier molecular flexibility index (Phi) is 6.06. The molecule has 0 aliphatic heterocycles. The Morgan fingerprint density at radius 3 is 2.50 bits per heavy atom. The minimum Gasteiger partial charge on any atom is -0.452 e. The van der Waals surface area contributed by atoms with Gasteiger partial charge in [-0.05, 0) is 49.7 Å². The molecule has 2 heterocycles. The molecule has 0 atom stereocenters. The number of aromatic nitrogens is 3. The first kappa shape index (κ1) is 19.6. The topological polar surface area (TPSA) is 86.1 Å². The number of esters is 1. The lowest BCUT2D eigenvalue weighted by Crippen LogP contribution is -2.28. The van der Waals surface area contributed by atoms with Crippen LogP contribution >= 0.6 is 11.6 Å². The van der Waals surface area contributed by atoms with Crippen LogP contribution in [-0.4, -0.2) is 33.2 Å². The third-order valence-electron chi connectivity index (χ3n) is 3.95. The van der Waals surface area contributed by atoms with Gasteiger partial charge in [0, 0.05) is 23.5 Å². The zero-order valence-corrected chi connectivity index (χ0v) is 16.2. The lowest BCUT2D eigenvalue weighted by molar-refractivity contribution is -0.124. The van der Waals surface area contributed by atoms with Gasteiger partial charge >= 0.3 is 5.97 Å². The number of ether oxygens (including phenoxy) is 1. The summed E-state index contributed by atoms with van der Waals surface area (Å²) in [7, 11) is 0. The molecule has 8 heteroatoms. The predicted molar refractivity (Wildman–Crippen MR) is 104 cm³/mol. The molecule has 1 N–H and O–H groups in total. The number of rotatable bonds is 6. The summed E-state index contributed by atoms with van der Waals surface area (Å²) in [5.74, 6) is -0.410. The molecule has 1 aromatic carbocycles. The predicted octanol–water partition coefficient (Wildman–Crippen LogP) is 3.01. The minimum absolute atomic E-state index is 0.260. The number of nitrogens with one attached hydrogen (secondary N) is 1. The van der Waals surface area contributed by atoms with Gasteiger partial charge in [-0.1, -0.05) is 23.7 Å². The van der Waals surface area contributed by atoms with Crippen LogP contribution in [-0.2, 0) is 16.1 Å². The summed E-state index contributed by atoms with van der Waals surface area (Å²) in [5, 5.41) is 7.65. The second-order valence-electron chi connectivity index (χ2n) is 6.22. The van der Waals surface area contributed by atoms with Gasteiger partial charge in [0.25, 0.3) is 5.91 Å². The van der Waals surface area contributed by atoms with E-state index >= 15 is 0 Å². The van der Waals surface area contributed by atoms with E-state index in [1.165, 1.54) is 6.20 Å². The second-order valence-corrected chi connectivity index (χ2v) is 6.66. The molecule has 0 saturated heterocycles. The van der Waals surface area contributed by atoms with Gasteiger partial charge in [-0.25, -0.2) is 14.5 Å². The molecule has 28 heavy (non-hydrogen) atoms. The van der Waals surface area contributed by atoms with Crippen LogP contribution in [0.25, 0.3) is 5.82 Å². The second kappa shape index (κ2) is 8.67. The number of pyridine rings is 1. The van der Waals surface area contributed by atoms with Crippen LogP contribution in [0.1, 0.15) is 27.3 Å². The molecule has 0 saturated carbocycles. The summed E-state index contributed by atoms with van der Waals surface area (Å²) in [5.41, 5.74) is 2.98. The lowest BCUT2D eigenvalue weighted by atomic mass is 10.2. The normalized spacial score (nSPS) is 10.5. The van der Waals surface area contributed by atoms with E-state index in [0.29, 0.717) is 17.4 Å². The van der Waals surface area contributed by atoms with Crippen molar-refractivity contribution in [3.05, 3.63) is 76.2 Å². The average Bonchev–Trinajstić information content (AvgIpc) is 3.04. The van der Waals surface area contributed by atoms with Gasteiger partial charge in [0.05, 0.1) is 11.3 Å². The Morgan fingerprint density at radius 2 is 1.89 bits per heavy atom. The summed E-state index contributed by atoms with van der Waals surface area (Å²) in [6.45, 7) is 3.78. The molecule has 2 aromatic heterocycles. The van der Waals surface area contributed by atoms with Gasteiger partial charge in [0.15, 0.2) is 12.4 Å². The molecule has 1 amide bonds.